The van der Waals surface area contributed by atoms with Gasteiger partial charge in [-0.05, 0) is 30.5 Å². The van der Waals surface area contributed by atoms with Gasteiger partial charge in [0.25, 0.3) is 0 Å². The molecule has 120 valence electrons. The molecule has 0 saturated carbocycles. The Morgan fingerprint density at radius 1 is 1.14 bits per heavy atom. The van der Waals surface area contributed by atoms with E-state index in [0.29, 0.717) is 19.1 Å². The van der Waals surface area contributed by atoms with E-state index in [0.717, 1.165) is 11.3 Å². The van der Waals surface area contributed by atoms with Gasteiger partial charge in [0.1, 0.15) is 5.75 Å². The van der Waals surface area contributed by atoms with E-state index in [9.17, 15) is 8.42 Å². The van der Waals surface area contributed by atoms with Crippen molar-refractivity contribution in [1.29, 1.82) is 0 Å². The van der Waals surface area contributed by atoms with Gasteiger partial charge in [0.05, 0.1) is 12.4 Å². The molecule has 0 saturated heterocycles. The fourth-order valence-electron chi connectivity index (χ4n) is 1.81. The van der Waals surface area contributed by atoms with Crippen LogP contribution in [0.3, 0.4) is 0 Å². The van der Waals surface area contributed by atoms with E-state index in [1.165, 1.54) is 0 Å². The van der Waals surface area contributed by atoms with Crippen molar-refractivity contribution in [3.05, 3.63) is 29.8 Å². The second-order valence-corrected chi connectivity index (χ2v) is 8.16. The maximum Gasteiger partial charge on any atom is 0.151 e. The van der Waals surface area contributed by atoms with E-state index in [2.05, 4.69) is 19.2 Å². The van der Waals surface area contributed by atoms with Gasteiger partial charge in [-0.15, -0.1) is 0 Å². The van der Waals surface area contributed by atoms with Crippen LogP contribution >= 0.6 is 0 Å². The second kappa shape index (κ2) is 8.39. The molecular weight excluding hydrogens is 286 g/mol. The zero-order valence-electron chi connectivity index (χ0n) is 13.4. The molecule has 0 radical (unpaired) electrons. The van der Waals surface area contributed by atoms with E-state index in [4.69, 9.17) is 4.74 Å². The van der Waals surface area contributed by atoms with Gasteiger partial charge in [-0.2, -0.15) is 0 Å². The van der Waals surface area contributed by atoms with Crippen LogP contribution in [0.25, 0.3) is 0 Å². The van der Waals surface area contributed by atoms with E-state index in [1.54, 1.807) is 6.92 Å². The quantitative estimate of drug-likeness (QED) is 0.761. The van der Waals surface area contributed by atoms with Gasteiger partial charge in [0, 0.05) is 18.3 Å². The first-order valence-corrected chi connectivity index (χ1v) is 9.32. The number of ether oxygens (including phenoxy) is 1. The average Bonchev–Trinajstić information content (AvgIpc) is 2.45. The van der Waals surface area contributed by atoms with E-state index in [-0.39, 0.29) is 17.5 Å². The third-order valence-electron chi connectivity index (χ3n) is 3.27. The van der Waals surface area contributed by atoms with Gasteiger partial charge in [0.15, 0.2) is 9.84 Å². The molecule has 1 aromatic rings. The minimum Gasteiger partial charge on any atom is -0.493 e. The Kier molecular flexibility index (Phi) is 7.18. The molecule has 1 unspecified atom stereocenters. The van der Waals surface area contributed by atoms with E-state index in [1.807, 2.05) is 31.2 Å². The zero-order valence-corrected chi connectivity index (χ0v) is 14.2. The summed E-state index contributed by atoms with van der Waals surface area (Å²) in [5.41, 5.74) is 1.13. The molecule has 0 aromatic heterocycles. The van der Waals surface area contributed by atoms with Crippen LogP contribution in [0.5, 0.6) is 5.75 Å². The highest BCUT2D eigenvalue weighted by molar-refractivity contribution is 7.91. The predicted molar refractivity (Wildman–Crippen MR) is 87.5 cm³/mol. The van der Waals surface area contributed by atoms with Crippen molar-refractivity contribution >= 4 is 9.84 Å². The lowest BCUT2D eigenvalue weighted by Gasteiger charge is -2.15. The summed E-state index contributed by atoms with van der Waals surface area (Å²) in [5.74, 6) is 1.76. The molecule has 0 aliphatic carbocycles. The van der Waals surface area contributed by atoms with Crippen LogP contribution in [-0.4, -0.2) is 33.1 Å². The smallest absolute Gasteiger partial charge is 0.151 e. The maximum absolute atomic E-state index is 11.4. The van der Waals surface area contributed by atoms with Gasteiger partial charge in [-0.25, -0.2) is 8.42 Å². The Balaban J connectivity index is 2.46. The molecule has 1 aromatic carbocycles. The van der Waals surface area contributed by atoms with Crippen molar-refractivity contribution < 1.29 is 13.2 Å². The van der Waals surface area contributed by atoms with Crippen LogP contribution in [0.1, 0.15) is 39.3 Å². The zero-order chi connectivity index (χ0) is 15.9. The van der Waals surface area contributed by atoms with Crippen LogP contribution in [0.2, 0.25) is 0 Å². The van der Waals surface area contributed by atoms with Gasteiger partial charge in [-0.1, -0.05) is 32.9 Å². The maximum atomic E-state index is 11.4. The van der Waals surface area contributed by atoms with Crippen molar-refractivity contribution in [1.82, 2.24) is 5.32 Å². The molecule has 0 aliphatic rings. The molecule has 0 amide bonds. The summed E-state index contributed by atoms with van der Waals surface area (Å²) in [7, 11) is -2.90. The minimum absolute atomic E-state index is 0.121. The van der Waals surface area contributed by atoms with Crippen LogP contribution < -0.4 is 10.1 Å². The molecule has 0 fully saturated rings. The second-order valence-electron chi connectivity index (χ2n) is 5.69. The number of benzene rings is 1. The van der Waals surface area contributed by atoms with Crippen molar-refractivity contribution in [3.63, 3.8) is 0 Å². The molecule has 4 nitrogen and oxygen atoms in total. The van der Waals surface area contributed by atoms with Gasteiger partial charge in [0.2, 0.25) is 0 Å². The standard InChI is InChI=1S/C16H27NO3S/c1-5-21(18,19)11-10-17-14(4)15-6-8-16(9-7-15)20-12-13(2)3/h6-9,13-14,17H,5,10-12H2,1-4H3. The van der Waals surface area contributed by atoms with Crippen LogP contribution in [0.4, 0.5) is 0 Å². The molecule has 0 aliphatic heterocycles. The SMILES string of the molecule is CCS(=O)(=O)CCNC(C)c1ccc(OCC(C)C)cc1. The van der Waals surface area contributed by atoms with Crippen LogP contribution in [-0.2, 0) is 9.84 Å². The Morgan fingerprint density at radius 3 is 2.29 bits per heavy atom. The molecule has 0 bridgehead atoms. The van der Waals surface area contributed by atoms with Crippen molar-refractivity contribution in [2.24, 2.45) is 5.92 Å². The Morgan fingerprint density at radius 2 is 1.76 bits per heavy atom. The summed E-state index contributed by atoms with van der Waals surface area (Å²) in [6.07, 6.45) is 0. The number of hydrogen-bond donors (Lipinski definition) is 1. The molecule has 1 N–H and O–H groups in total. The first-order valence-electron chi connectivity index (χ1n) is 7.50. The topological polar surface area (TPSA) is 55.4 Å². The lowest BCUT2D eigenvalue weighted by Crippen LogP contribution is -2.26. The summed E-state index contributed by atoms with van der Waals surface area (Å²) >= 11 is 0. The minimum atomic E-state index is -2.90. The highest BCUT2D eigenvalue weighted by Gasteiger charge is 2.09. The molecule has 0 spiro atoms. The first-order chi connectivity index (χ1) is 9.84. The Labute approximate surface area is 128 Å². The van der Waals surface area contributed by atoms with E-state index < -0.39 is 9.84 Å². The molecule has 5 heteroatoms. The molecule has 0 heterocycles. The summed E-state index contributed by atoms with van der Waals surface area (Å²) in [6, 6.07) is 8.07. The first kappa shape index (κ1) is 18.0. The predicted octanol–water partition coefficient (Wildman–Crippen LogP) is 2.81. The van der Waals surface area contributed by atoms with Gasteiger partial charge in [-0.3, -0.25) is 0 Å². The third-order valence-corrected chi connectivity index (χ3v) is 4.97. The highest BCUT2D eigenvalue weighted by Crippen LogP contribution is 2.18. The largest absolute Gasteiger partial charge is 0.493 e. The Bertz CT molecular complexity index is 509. The van der Waals surface area contributed by atoms with Crippen molar-refractivity contribution in [2.45, 2.75) is 33.7 Å². The lowest BCUT2D eigenvalue weighted by atomic mass is 10.1. The summed E-state index contributed by atoms with van der Waals surface area (Å²) < 4.78 is 28.5. The number of rotatable bonds is 9. The van der Waals surface area contributed by atoms with Crippen molar-refractivity contribution in [2.75, 3.05) is 24.7 Å². The lowest BCUT2D eigenvalue weighted by molar-refractivity contribution is 0.271. The molecular formula is C16H27NO3S. The number of sulfone groups is 1. The molecule has 1 rings (SSSR count). The monoisotopic (exact) mass is 313 g/mol. The van der Waals surface area contributed by atoms with Gasteiger partial charge < -0.3 is 10.1 Å². The summed E-state index contributed by atoms with van der Waals surface area (Å²) in [4.78, 5) is 0. The summed E-state index contributed by atoms with van der Waals surface area (Å²) in [6.45, 7) is 9.12. The third kappa shape index (κ3) is 6.96. The molecule has 1 atom stereocenters. The highest BCUT2D eigenvalue weighted by atomic mass is 32.2. The normalized spacial score (nSPS) is 13.4. The number of nitrogens with one attached hydrogen (secondary N) is 1. The van der Waals surface area contributed by atoms with Crippen LogP contribution in [0, 0.1) is 5.92 Å². The van der Waals surface area contributed by atoms with Crippen LogP contribution in [0.15, 0.2) is 24.3 Å². The van der Waals surface area contributed by atoms with E-state index >= 15 is 0 Å². The van der Waals surface area contributed by atoms with Crippen molar-refractivity contribution in [3.8, 4) is 5.75 Å². The molecule has 21 heavy (non-hydrogen) atoms. The average molecular weight is 313 g/mol. The Hall–Kier alpha value is -1.07. The fraction of sp³-hybridized carbons (Fsp3) is 0.625. The fourth-order valence-corrected chi connectivity index (χ4v) is 2.53. The summed E-state index contributed by atoms with van der Waals surface area (Å²) in [5, 5.41) is 3.24. The number of hydrogen-bond acceptors (Lipinski definition) is 4. The van der Waals surface area contributed by atoms with Gasteiger partial charge >= 0.3 is 0 Å².